The minimum atomic E-state index is -0.679. The summed E-state index contributed by atoms with van der Waals surface area (Å²) in [5, 5.41) is 9.55. The minimum absolute atomic E-state index is 0.292. The molecule has 4 N–H and O–H groups in total. The molecule has 0 spiro atoms. The van der Waals surface area contributed by atoms with Gasteiger partial charge in [0.2, 0.25) is 0 Å². The summed E-state index contributed by atoms with van der Waals surface area (Å²) in [6.45, 7) is 0.649. The molecule has 3 amide bonds. The molecule has 0 aliphatic heterocycles. The third kappa shape index (κ3) is 4.47. The van der Waals surface area contributed by atoms with E-state index < -0.39 is 6.03 Å². The van der Waals surface area contributed by atoms with Crippen molar-refractivity contribution in [1.29, 1.82) is 0 Å². The number of carbonyl (C=O) groups excluding carboxylic acids is 2. The van der Waals surface area contributed by atoms with Crippen LogP contribution in [0.3, 0.4) is 0 Å². The third-order valence-corrected chi connectivity index (χ3v) is 3.81. The number of nitrogens with one attached hydrogen (secondary N) is 2. The summed E-state index contributed by atoms with van der Waals surface area (Å²) in [7, 11) is 0. The molecule has 1 aromatic heterocycles. The van der Waals surface area contributed by atoms with Crippen LogP contribution in [-0.2, 0) is 13.0 Å². The van der Waals surface area contributed by atoms with Crippen molar-refractivity contribution < 1.29 is 9.59 Å². The van der Waals surface area contributed by atoms with Crippen molar-refractivity contribution in [1.82, 2.24) is 9.78 Å². The van der Waals surface area contributed by atoms with E-state index in [2.05, 4.69) is 27.9 Å². The Morgan fingerprint density at radius 3 is 2.58 bits per heavy atom. The van der Waals surface area contributed by atoms with Gasteiger partial charge in [-0.2, -0.15) is 5.10 Å². The van der Waals surface area contributed by atoms with E-state index in [1.807, 2.05) is 18.2 Å². The molecule has 7 nitrogen and oxygen atoms in total. The Morgan fingerprint density at radius 2 is 1.81 bits per heavy atom. The van der Waals surface area contributed by atoms with E-state index in [4.69, 9.17) is 5.73 Å². The molecule has 1 heterocycles. The second-order valence-corrected chi connectivity index (χ2v) is 5.70. The van der Waals surface area contributed by atoms with E-state index >= 15 is 0 Å². The van der Waals surface area contributed by atoms with Crippen LogP contribution >= 0.6 is 0 Å². The van der Waals surface area contributed by atoms with Crippen LogP contribution < -0.4 is 16.4 Å². The number of hydrogen-bond acceptors (Lipinski definition) is 3. The van der Waals surface area contributed by atoms with Gasteiger partial charge in [-0.3, -0.25) is 4.79 Å². The van der Waals surface area contributed by atoms with Crippen LogP contribution in [0.1, 0.15) is 15.9 Å². The Hall–Kier alpha value is -3.61. The molecule has 3 aromatic rings. The zero-order valence-electron chi connectivity index (χ0n) is 14.1. The van der Waals surface area contributed by atoms with Gasteiger partial charge in [-0.15, -0.1) is 0 Å². The fraction of sp³-hybridized carbons (Fsp3) is 0.105. The maximum atomic E-state index is 12.5. The maximum absolute atomic E-state index is 12.5. The normalized spacial score (nSPS) is 10.3. The van der Waals surface area contributed by atoms with Crippen LogP contribution in [0.15, 0.2) is 66.9 Å². The van der Waals surface area contributed by atoms with Gasteiger partial charge in [0, 0.05) is 23.9 Å². The van der Waals surface area contributed by atoms with Gasteiger partial charge in [-0.1, -0.05) is 36.4 Å². The predicted molar refractivity (Wildman–Crippen MR) is 100.0 cm³/mol. The van der Waals surface area contributed by atoms with Gasteiger partial charge in [-0.05, 0) is 30.2 Å². The number of hydrogen-bond donors (Lipinski definition) is 3. The molecule has 2 aromatic carbocycles. The van der Waals surface area contributed by atoms with Crippen LogP contribution in [0.25, 0.3) is 0 Å². The number of aryl methyl sites for hydroxylation is 2. The average Bonchev–Trinajstić information content (AvgIpc) is 3.07. The zero-order valence-corrected chi connectivity index (χ0v) is 14.1. The van der Waals surface area contributed by atoms with Crippen LogP contribution in [-0.4, -0.2) is 21.7 Å². The molecule has 0 aliphatic carbocycles. The highest BCUT2D eigenvalue weighted by molar-refractivity contribution is 6.04. The number of benzene rings is 2. The Morgan fingerprint density at radius 1 is 1.00 bits per heavy atom. The molecule has 0 bridgehead atoms. The molecular weight excluding hydrogens is 330 g/mol. The summed E-state index contributed by atoms with van der Waals surface area (Å²) in [6.07, 6.45) is 2.45. The molecule has 0 fully saturated rings. The van der Waals surface area contributed by atoms with E-state index in [0.29, 0.717) is 23.6 Å². The van der Waals surface area contributed by atoms with Crippen molar-refractivity contribution in [2.75, 3.05) is 10.6 Å². The van der Waals surface area contributed by atoms with Crippen molar-refractivity contribution in [3.05, 3.63) is 78.0 Å². The first-order valence-electron chi connectivity index (χ1n) is 8.15. The fourth-order valence-electron chi connectivity index (χ4n) is 2.57. The quantitative estimate of drug-likeness (QED) is 0.637. The molecule has 7 heteroatoms. The van der Waals surface area contributed by atoms with Gasteiger partial charge in [0.15, 0.2) is 0 Å². The van der Waals surface area contributed by atoms with Crippen molar-refractivity contribution in [3.8, 4) is 0 Å². The summed E-state index contributed by atoms with van der Waals surface area (Å²) in [4.78, 5) is 23.4. The van der Waals surface area contributed by atoms with Gasteiger partial charge >= 0.3 is 6.03 Å². The first-order chi connectivity index (χ1) is 12.6. The number of anilines is 2. The van der Waals surface area contributed by atoms with Crippen LogP contribution in [0, 0.1) is 0 Å². The third-order valence-electron chi connectivity index (χ3n) is 3.81. The molecule has 26 heavy (non-hydrogen) atoms. The standard InChI is InChI=1S/C19H19N5O2/c20-19(26)22-16-8-4-7-15(13-16)18(25)23-17-9-11-21-24(17)12-10-14-5-2-1-3-6-14/h1-9,11,13H,10,12H2,(H,23,25)(H3,20,22,26). The van der Waals surface area contributed by atoms with Crippen LogP contribution in [0.5, 0.6) is 0 Å². The second-order valence-electron chi connectivity index (χ2n) is 5.70. The Labute approximate surface area is 150 Å². The summed E-state index contributed by atoms with van der Waals surface area (Å²) >= 11 is 0. The van der Waals surface area contributed by atoms with E-state index in [9.17, 15) is 9.59 Å². The molecule has 0 saturated carbocycles. The van der Waals surface area contributed by atoms with Crippen LogP contribution in [0.4, 0.5) is 16.3 Å². The molecule has 0 atom stereocenters. The smallest absolute Gasteiger partial charge is 0.316 e. The molecule has 0 unspecified atom stereocenters. The number of amides is 3. The Bertz CT molecular complexity index is 905. The minimum Gasteiger partial charge on any atom is -0.351 e. The lowest BCUT2D eigenvalue weighted by atomic mass is 10.1. The van der Waals surface area contributed by atoms with Crippen LogP contribution in [0.2, 0.25) is 0 Å². The first kappa shape index (κ1) is 17.2. The molecule has 132 valence electrons. The Balaban J connectivity index is 1.67. The van der Waals surface area contributed by atoms with Gasteiger partial charge in [0.1, 0.15) is 5.82 Å². The van der Waals surface area contributed by atoms with Gasteiger partial charge < -0.3 is 16.4 Å². The molecule has 0 radical (unpaired) electrons. The maximum Gasteiger partial charge on any atom is 0.316 e. The van der Waals surface area contributed by atoms with E-state index in [0.717, 1.165) is 6.42 Å². The van der Waals surface area contributed by atoms with Crippen molar-refractivity contribution >= 4 is 23.4 Å². The van der Waals surface area contributed by atoms with E-state index in [1.165, 1.54) is 5.56 Å². The highest BCUT2D eigenvalue weighted by Crippen LogP contribution is 2.14. The molecular formula is C19H19N5O2. The highest BCUT2D eigenvalue weighted by Gasteiger charge is 2.10. The SMILES string of the molecule is NC(=O)Nc1cccc(C(=O)Nc2ccnn2CCc2ccccc2)c1. The van der Waals surface area contributed by atoms with Crippen molar-refractivity contribution in [2.45, 2.75) is 13.0 Å². The summed E-state index contributed by atoms with van der Waals surface area (Å²) in [5.41, 5.74) is 7.17. The van der Waals surface area contributed by atoms with Gasteiger partial charge in [0.25, 0.3) is 5.91 Å². The van der Waals surface area contributed by atoms with Crippen molar-refractivity contribution in [3.63, 3.8) is 0 Å². The Kier molecular flexibility index (Phi) is 5.28. The lowest BCUT2D eigenvalue weighted by Crippen LogP contribution is -2.20. The van der Waals surface area contributed by atoms with Gasteiger partial charge in [-0.25, -0.2) is 9.48 Å². The molecule has 0 aliphatic rings. The van der Waals surface area contributed by atoms with Gasteiger partial charge in [0.05, 0.1) is 6.20 Å². The number of nitrogens with zero attached hydrogens (tertiary/aromatic N) is 2. The first-order valence-corrected chi connectivity index (χ1v) is 8.15. The van der Waals surface area contributed by atoms with Crippen molar-refractivity contribution in [2.24, 2.45) is 5.73 Å². The lowest BCUT2D eigenvalue weighted by molar-refractivity contribution is 0.102. The zero-order chi connectivity index (χ0) is 18.4. The monoisotopic (exact) mass is 349 g/mol. The summed E-state index contributed by atoms with van der Waals surface area (Å²) in [5.74, 6) is 0.318. The largest absolute Gasteiger partial charge is 0.351 e. The molecule has 3 rings (SSSR count). The number of carbonyl (C=O) groups is 2. The molecule has 0 saturated heterocycles. The van der Waals surface area contributed by atoms with E-state index in [1.54, 1.807) is 41.2 Å². The van der Waals surface area contributed by atoms with E-state index in [-0.39, 0.29) is 5.91 Å². The second kappa shape index (κ2) is 7.98. The topological polar surface area (TPSA) is 102 Å². The number of rotatable bonds is 6. The summed E-state index contributed by atoms with van der Waals surface area (Å²) < 4.78 is 1.75. The summed E-state index contributed by atoms with van der Waals surface area (Å²) in [6, 6.07) is 17.7. The lowest BCUT2D eigenvalue weighted by Gasteiger charge is -2.10. The number of urea groups is 1. The number of nitrogens with two attached hydrogens (primary N) is 1. The predicted octanol–water partition coefficient (Wildman–Crippen LogP) is 2.87. The highest BCUT2D eigenvalue weighted by atomic mass is 16.2. The average molecular weight is 349 g/mol. The fourth-order valence-corrected chi connectivity index (χ4v) is 2.57. The number of primary amides is 1. The number of aromatic nitrogens is 2.